The van der Waals surface area contributed by atoms with Crippen LogP contribution in [0.1, 0.15) is 51.9 Å². The lowest BCUT2D eigenvalue weighted by Gasteiger charge is -2.35. The minimum atomic E-state index is -0.833. The number of aromatic amines is 1. The van der Waals surface area contributed by atoms with E-state index in [-0.39, 0.29) is 0 Å². The Morgan fingerprint density at radius 1 is 0.972 bits per heavy atom. The van der Waals surface area contributed by atoms with Gasteiger partial charge in [0.1, 0.15) is 11.6 Å². The van der Waals surface area contributed by atoms with Crippen LogP contribution in [0.4, 0.5) is 5.82 Å². The molecule has 5 rings (SSSR count). The smallest absolute Gasteiger partial charge is 0.300 e. The molecule has 0 bridgehead atoms. The van der Waals surface area contributed by atoms with Gasteiger partial charge in [0.15, 0.2) is 11.6 Å². The molecule has 3 heterocycles. The van der Waals surface area contributed by atoms with Crippen molar-refractivity contribution in [2.75, 3.05) is 25.1 Å². The number of carbonyl (C=O) groups is 1. The van der Waals surface area contributed by atoms with Gasteiger partial charge in [-0.15, -0.1) is 0 Å². The Bertz CT molecular complexity index is 1080. The van der Waals surface area contributed by atoms with Gasteiger partial charge in [0, 0.05) is 37.3 Å². The van der Waals surface area contributed by atoms with Crippen LogP contribution in [0.25, 0.3) is 22.8 Å². The van der Waals surface area contributed by atoms with E-state index < -0.39 is 5.97 Å². The number of carboxylic acid groups (broad SMARTS) is 1. The standard InChI is InChI=1S/C25H31N5O2.C2H4O2/c1-31-20-10-7-18(8-11-20)24-27-25(29-28-24)19-9-12-23(26-17-19)30-15-13-22(14-16-30)32-21-5-3-2-4-6-21;1-2(3)4/h7-12,17,21-22H,2-6,13-16H2,1H3,(H,27,28,29);1H3,(H,3,4). The van der Waals surface area contributed by atoms with Crippen molar-refractivity contribution in [3.05, 3.63) is 42.6 Å². The number of anilines is 1. The molecule has 0 radical (unpaired) electrons. The molecule has 9 nitrogen and oxygen atoms in total. The zero-order valence-corrected chi connectivity index (χ0v) is 21.0. The topological polar surface area (TPSA) is 113 Å². The van der Waals surface area contributed by atoms with Gasteiger partial charge in [-0.05, 0) is 62.1 Å². The number of nitrogens with one attached hydrogen (secondary N) is 1. The quantitative estimate of drug-likeness (QED) is 0.496. The molecule has 0 spiro atoms. The number of aliphatic carboxylic acids is 1. The van der Waals surface area contributed by atoms with Gasteiger partial charge in [-0.25, -0.2) is 9.97 Å². The molecule has 1 saturated carbocycles. The van der Waals surface area contributed by atoms with E-state index in [1.807, 2.05) is 36.5 Å². The molecule has 0 atom stereocenters. The highest BCUT2D eigenvalue weighted by atomic mass is 16.5. The molecule has 2 aromatic heterocycles. The highest BCUT2D eigenvalue weighted by Gasteiger charge is 2.24. The second-order valence-corrected chi connectivity index (χ2v) is 9.24. The van der Waals surface area contributed by atoms with Gasteiger partial charge in [0.2, 0.25) is 0 Å². The summed E-state index contributed by atoms with van der Waals surface area (Å²) in [5.74, 6) is 2.37. The van der Waals surface area contributed by atoms with Crippen molar-refractivity contribution < 1.29 is 19.4 Å². The first kappa shape index (κ1) is 25.6. The molecule has 2 aliphatic rings. The molecule has 0 unspecified atom stereocenters. The summed E-state index contributed by atoms with van der Waals surface area (Å²) in [5, 5.41) is 14.8. The number of pyridine rings is 1. The Hall–Kier alpha value is -3.46. The summed E-state index contributed by atoms with van der Waals surface area (Å²) in [6.07, 6.45) is 11.4. The monoisotopic (exact) mass is 493 g/mol. The van der Waals surface area contributed by atoms with Gasteiger partial charge < -0.3 is 19.5 Å². The third kappa shape index (κ3) is 7.04. The number of rotatable bonds is 6. The van der Waals surface area contributed by atoms with E-state index in [9.17, 15) is 0 Å². The van der Waals surface area contributed by atoms with Crippen molar-refractivity contribution in [3.63, 3.8) is 0 Å². The molecule has 1 saturated heterocycles. The molecule has 36 heavy (non-hydrogen) atoms. The van der Waals surface area contributed by atoms with Crippen LogP contribution in [0.5, 0.6) is 5.75 Å². The third-order valence-corrected chi connectivity index (χ3v) is 6.56. The van der Waals surface area contributed by atoms with Crippen LogP contribution < -0.4 is 9.64 Å². The summed E-state index contributed by atoms with van der Waals surface area (Å²) in [7, 11) is 1.66. The Balaban J connectivity index is 0.000000709. The Morgan fingerprint density at radius 3 is 2.22 bits per heavy atom. The molecule has 1 aliphatic heterocycles. The van der Waals surface area contributed by atoms with Crippen molar-refractivity contribution in [2.24, 2.45) is 0 Å². The van der Waals surface area contributed by atoms with Crippen molar-refractivity contribution >= 4 is 11.8 Å². The normalized spacial score (nSPS) is 16.8. The van der Waals surface area contributed by atoms with Gasteiger partial charge in [0.25, 0.3) is 5.97 Å². The van der Waals surface area contributed by atoms with Crippen molar-refractivity contribution in [1.29, 1.82) is 0 Å². The molecular formula is C27H35N5O4. The van der Waals surface area contributed by atoms with Gasteiger partial charge in [-0.3, -0.25) is 9.89 Å². The molecular weight excluding hydrogens is 458 g/mol. The molecule has 1 aliphatic carbocycles. The molecule has 9 heteroatoms. The molecule has 2 fully saturated rings. The average molecular weight is 494 g/mol. The maximum Gasteiger partial charge on any atom is 0.300 e. The highest BCUT2D eigenvalue weighted by Crippen LogP contribution is 2.27. The van der Waals surface area contributed by atoms with Crippen LogP contribution >= 0.6 is 0 Å². The highest BCUT2D eigenvalue weighted by molar-refractivity contribution is 5.63. The van der Waals surface area contributed by atoms with Crippen molar-refractivity contribution in [3.8, 4) is 28.5 Å². The van der Waals surface area contributed by atoms with E-state index in [1.165, 1.54) is 32.1 Å². The van der Waals surface area contributed by atoms with E-state index in [0.717, 1.165) is 61.4 Å². The molecule has 2 N–H and O–H groups in total. The van der Waals surface area contributed by atoms with Crippen molar-refractivity contribution in [1.82, 2.24) is 20.2 Å². The largest absolute Gasteiger partial charge is 0.497 e. The third-order valence-electron chi connectivity index (χ3n) is 6.56. The number of H-pyrrole nitrogens is 1. The van der Waals surface area contributed by atoms with E-state index >= 15 is 0 Å². The minimum Gasteiger partial charge on any atom is -0.497 e. The van der Waals surface area contributed by atoms with Crippen LogP contribution in [-0.4, -0.2) is 63.6 Å². The first-order valence-corrected chi connectivity index (χ1v) is 12.6. The molecule has 192 valence electrons. The Labute approximate surface area is 211 Å². The lowest BCUT2D eigenvalue weighted by atomic mass is 9.97. The summed E-state index contributed by atoms with van der Waals surface area (Å²) in [6.45, 7) is 3.07. The maximum atomic E-state index is 9.00. The second-order valence-electron chi connectivity index (χ2n) is 9.24. The summed E-state index contributed by atoms with van der Waals surface area (Å²) >= 11 is 0. The lowest BCUT2D eigenvalue weighted by molar-refractivity contribution is -0.134. The number of benzene rings is 1. The zero-order valence-electron chi connectivity index (χ0n) is 21.0. The molecule has 0 amide bonds. The second kappa shape index (κ2) is 12.5. The first-order valence-electron chi connectivity index (χ1n) is 12.6. The van der Waals surface area contributed by atoms with Gasteiger partial charge >= 0.3 is 0 Å². The number of hydrogen-bond donors (Lipinski definition) is 2. The average Bonchev–Trinajstić information content (AvgIpc) is 3.40. The van der Waals surface area contributed by atoms with Gasteiger partial charge in [0.05, 0.1) is 19.3 Å². The minimum absolute atomic E-state index is 0.401. The summed E-state index contributed by atoms with van der Waals surface area (Å²) in [5.41, 5.74) is 1.87. The van der Waals surface area contributed by atoms with Crippen LogP contribution in [0.2, 0.25) is 0 Å². The number of aromatic nitrogens is 4. The summed E-state index contributed by atoms with van der Waals surface area (Å²) in [6, 6.07) is 11.9. The van der Waals surface area contributed by atoms with E-state index in [2.05, 4.69) is 26.1 Å². The fourth-order valence-electron chi connectivity index (χ4n) is 4.67. The van der Waals surface area contributed by atoms with Gasteiger partial charge in [-0.1, -0.05) is 19.3 Å². The number of hydrogen-bond acceptors (Lipinski definition) is 7. The number of ether oxygens (including phenoxy) is 2. The zero-order chi connectivity index (χ0) is 25.3. The van der Waals surface area contributed by atoms with E-state index in [0.29, 0.717) is 18.0 Å². The predicted molar refractivity (Wildman–Crippen MR) is 138 cm³/mol. The summed E-state index contributed by atoms with van der Waals surface area (Å²) in [4.78, 5) is 20.7. The fraction of sp³-hybridized carbons (Fsp3) is 0.481. The van der Waals surface area contributed by atoms with Crippen LogP contribution in [0.15, 0.2) is 42.6 Å². The van der Waals surface area contributed by atoms with Gasteiger partial charge in [-0.2, -0.15) is 5.10 Å². The molecule has 3 aromatic rings. The van der Waals surface area contributed by atoms with E-state index in [1.54, 1.807) is 7.11 Å². The predicted octanol–water partition coefficient (Wildman–Crippen LogP) is 4.95. The SMILES string of the molecule is CC(=O)O.COc1ccc(-c2nc(-c3ccc(N4CCC(OC5CCCCC5)CC4)nc3)n[nH]2)cc1. The first-order chi connectivity index (χ1) is 17.5. The number of carboxylic acids is 1. The fourth-order valence-corrected chi connectivity index (χ4v) is 4.67. The van der Waals surface area contributed by atoms with E-state index in [4.69, 9.17) is 24.4 Å². The lowest BCUT2D eigenvalue weighted by Crippen LogP contribution is -2.39. The number of nitrogens with zero attached hydrogens (tertiary/aromatic N) is 4. The number of piperidine rings is 1. The van der Waals surface area contributed by atoms with Crippen LogP contribution in [0.3, 0.4) is 0 Å². The summed E-state index contributed by atoms with van der Waals surface area (Å²) < 4.78 is 11.6. The number of methoxy groups -OCH3 is 1. The molecule has 1 aromatic carbocycles. The Morgan fingerprint density at radius 2 is 1.61 bits per heavy atom. The van der Waals surface area contributed by atoms with Crippen LogP contribution in [0, 0.1) is 0 Å². The van der Waals surface area contributed by atoms with Crippen molar-refractivity contribution in [2.45, 2.75) is 64.1 Å². The Kier molecular flexibility index (Phi) is 8.89. The maximum absolute atomic E-state index is 9.00. The van der Waals surface area contributed by atoms with Crippen LogP contribution in [-0.2, 0) is 9.53 Å².